The van der Waals surface area contributed by atoms with Crippen molar-refractivity contribution in [2.45, 2.75) is 95.2 Å². The van der Waals surface area contributed by atoms with Crippen molar-refractivity contribution in [2.24, 2.45) is 0 Å². The lowest BCUT2D eigenvalue weighted by Crippen LogP contribution is -2.53. The largest absolute Gasteiger partial charge is 0.487 e. The van der Waals surface area contributed by atoms with Crippen molar-refractivity contribution in [1.29, 1.82) is 0 Å². The third kappa shape index (κ3) is 6.75. The van der Waals surface area contributed by atoms with Gasteiger partial charge in [-0.05, 0) is 31.2 Å². The molecule has 2 bridgehead atoms. The van der Waals surface area contributed by atoms with Crippen molar-refractivity contribution in [2.75, 3.05) is 13.1 Å². The lowest BCUT2D eigenvalue weighted by atomic mass is 9.89. The highest BCUT2D eigenvalue weighted by Crippen LogP contribution is 2.28. The third-order valence-corrected chi connectivity index (χ3v) is 8.19. The lowest BCUT2D eigenvalue weighted by molar-refractivity contribution is 0.264. The molecule has 1 aliphatic heterocycles. The highest BCUT2D eigenvalue weighted by atomic mass is 35.5. The van der Waals surface area contributed by atoms with Crippen molar-refractivity contribution >= 4 is 11.6 Å². The van der Waals surface area contributed by atoms with Crippen LogP contribution in [0, 0.1) is 0 Å². The smallest absolute Gasteiger partial charge is 0.144 e. The number of halogens is 1. The first-order valence-electron chi connectivity index (χ1n) is 13.5. The van der Waals surface area contributed by atoms with Crippen LogP contribution in [-0.4, -0.2) is 42.2 Å². The molecule has 2 aromatic rings. The second-order valence-corrected chi connectivity index (χ2v) is 10.7. The Labute approximate surface area is 215 Å². The van der Waals surface area contributed by atoms with Crippen LogP contribution in [0.25, 0.3) is 0 Å². The fourth-order valence-electron chi connectivity index (χ4n) is 5.87. The van der Waals surface area contributed by atoms with Crippen LogP contribution in [-0.2, 0) is 19.7 Å². The molecule has 0 unspecified atom stereocenters. The number of fused-ring (bicyclic) bond motifs is 4. The van der Waals surface area contributed by atoms with Crippen LogP contribution in [0.5, 0.6) is 5.75 Å². The molecule has 4 N–H and O–H groups in total. The van der Waals surface area contributed by atoms with E-state index in [0.717, 1.165) is 35.8 Å². The van der Waals surface area contributed by atoms with E-state index in [9.17, 15) is 0 Å². The number of rotatable bonds is 3. The van der Waals surface area contributed by atoms with Gasteiger partial charge >= 0.3 is 0 Å². The van der Waals surface area contributed by atoms with E-state index < -0.39 is 0 Å². The van der Waals surface area contributed by atoms with Crippen LogP contribution in [0.1, 0.15) is 68.3 Å². The molecule has 1 aromatic heterocycles. The number of pyridine rings is 1. The zero-order chi connectivity index (χ0) is 23.9. The van der Waals surface area contributed by atoms with Crippen molar-refractivity contribution in [3.63, 3.8) is 0 Å². The van der Waals surface area contributed by atoms with E-state index in [-0.39, 0.29) is 0 Å². The molecule has 35 heavy (non-hydrogen) atoms. The van der Waals surface area contributed by atoms with Gasteiger partial charge in [-0.25, -0.2) is 4.98 Å². The Morgan fingerprint density at radius 2 is 1.29 bits per heavy atom. The van der Waals surface area contributed by atoms with Gasteiger partial charge in [0.25, 0.3) is 0 Å². The molecule has 4 atom stereocenters. The Balaban J connectivity index is 1.38. The van der Waals surface area contributed by atoms with Gasteiger partial charge in [-0.15, -0.1) is 0 Å². The third-order valence-electron chi connectivity index (χ3n) is 7.86. The molecule has 2 fully saturated rings. The fraction of sp³-hybridized carbons (Fsp3) is 0.607. The molecule has 6 nitrogen and oxygen atoms in total. The quantitative estimate of drug-likeness (QED) is 0.506. The van der Waals surface area contributed by atoms with Gasteiger partial charge in [0.1, 0.15) is 12.4 Å². The number of ether oxygens (including phenoxy) is 1. The van der Waals surface area contributed by atoms with Gasteiger partial charge in [0.05, 0.1) is 16.4 Å². The minimum absolute atomic E-state index is 0.442. The monoisotopic (exact) mass is 497 g/mol. The summed E-state index contributed by atoms with van der Waals surface area (Å²) in [5.41, 5.74) is 2.99. The number of benzene rings is 1. The molecule has 5 rings (SSSR count). The average Bonchev–Trinajstić information content (AvgIpc) is 2.90. The van der Waals surface area contributed by atoms with Crippen LogP contribution in [0.2, 0.25) is 5.02 Å². The molecule has 1 aromatic carbocycles. The van der Waals surface area contributed by atoms with Crippen molar-refractivity contribution in [3.05, 3.63) is 58.4 Å². The van der Waals surface area contributed by atoms with Gasteiger partial charge < -0.3 is 26.0 Å². The zero-order valence-electron chi connectivity index (χ0n) is 20.7. The number of hydrogen-bond donors (Lipinski definition) is 4. The predicted octanol–water partition coefficient (Wildman–Crippen LogP) is 4.31. The summed E-state index contributed by atoms with van der Waals surface area (Å²) in [7, 11) is 0. The Morgan fingerprint density at radius 3 is 1.89 bits per heavy atom. The molecule has 0 spiro atoms. The van der Waals surface area contributed by atoms with Gasteiger partial charge in [-0.3, -0.25) is 0 Å². The number of nitrogens with one attached hydrogen (secondary N) is 4. The SMILES string of the molecule is Clc1cc(OCc2ccccc2)c2nc1CN[C@@H]1CCCC[C@H]1NCCN[C@@H]1CCCC[C@H]1NC2. The normalized spacial score (nSPS) is 28.1. The summed E-state index contributed by atoms with van der Waals surface area (Å²) in [6, 6.07) is 14.1. The van der Waals surface area contributed by atoms with Crippen LogP contribution >= 0.6 is 11.6 Å². The first-order chi connectivity index (χ1) is 17.3. The van der Waals surface area contributed by atoms with Gasteiger partial charge in [0.2, 0.25) is 0 Å². The van der Waals surface area contributed by atoms with E-state index in [1.54, 1.807) is 0 Å². The Morgan fingerprint density at radius 1 is 0.743 bits per heavy atom. The zero-order valence-corrected chi connectivity index (χ0v) is 21.5. The van der Waals surface area contributed by atoms with E-state index in [1.807, 2.05) is 24.3 Å². The molecule has 0 amide bonds. The Bertz CT molecular complexity index is 942. The lowest BCUT2D eigenvalue weighted by Gasteiger charge is -2.34. The van der Waals surface area contributed by atoms with Gasteiger partial charge in [-0.1, -0.05) is 67.6 Å². The van der Waals surface area contributed by atoms with Crippen LogP contribution in [0.4, 0.5) is 0 Å². The van der Waals surface area contributed by atoms with Gasteiger partial charge in [0.15, 0.2) is 0 Å². The molecule has 0 saturated heterocycles. The van der Waals surface area contributed by atoms with Crippen LogP contribution in [0.3, 0.4) is 0 Å². The summed E-state index contributed by atoms with van der Waals surface area (Å²) in [5, 5.41) is 15.9. The molecular formula is C28H40ClN5O. The second kappa shape index (κ2) is 12.5. The van der Waals surface area contributed by atoms with E-state index in [0.29, 0.717) is 48.9 Å². The number of aromatic nitrogens is 1. The summed E-state index contributed by atoms with van der Waals surface area (Å²) in [5.74, 6) is 0.775. The molecule has 7 heteroatoms. The van der Waals surface area contributed by atoms with E-state index in [1.165, 1.54) is 51.4 Å². The van der Waals surface area contributed by atoms with Crippen molar-refractivity contribution in [3.8, 4) is 5.75 Å². The van der Waals surface area contributed by atoms with Crippen LogP contribution in [0.15, 0.2) is 36.4 Å². The van der Waals surface area contributed by atoms with E-state index in [4.69, 9.17) is 21.3 Å². The highest BCUT2D eigenvalue weighted by Gasteiger charge is 2.27. The minimum Gasteiger partial charge on any atom is -0.487 e. The minimum atomic E-state index is 0.442. The Kier molecular flexibility index (Phi) is 8.92. The summed E-state index contributed by atoms with van der Waals surface area (Å²) in [6.07, 6.45) is 9.99. The summed E-state index contributed by atoms with van der Waals surface area (Å²) in [6.45, 7) is 3.89. The summed E-state index contributed by atoms with van der Waals surface area (Å²) < 4.78 is 6.26. The maximum absolute atomic E-state index is 6.75. The van der Waals surface area contributed by atoms with Gasteiger partial charge in [0, 0.05) is 56.4 Å². The highest BCUT2D eigenvalue weighted by molar-refractivity contribution is 6.31. The summed E-state index contributed by atoms with van der Waals surface area (Å²) in [4.78, 5) is 5.05. The van der Waals surface area contributed by atoms with Crippen molar-refractivity contribution < 1.29 is 4.74 Å². The molecule has 0 radical (unpaired) electrons. The topological polar surface area (TPSA) is 70.2 Å². The molecule has 2 heterocycles. The molecule has 2 aliphatic carbocycles. The van der Waals surface area contributed by atoms with Crippen LogP contribution < -0.4 is 26.0 Å². The first-order valence-corrected chi connectivity index (χ1v) is 13.9. The fourth-order valence-corrected chi connectivity index (χ4v) is 6.08. The first kappa shape index (κ1) is 25.0. The van der Waals surface area contributed by atoms with Gasteiger partial charge in [-0.2, -0.15) is 0 Å². The molecule has 190 valence electrons. The molecule has 2 saturated carbocycles. The maximum Gasteiger partial charge on any atom is 0.144 e. The predicted molar refractivity (Wildman–Crippen MR) is 142 cm³/mol. The maximum atomic E-state index is 6.75. The number of nitrogens with zero attached hydrogens (tertiary/aromatic N) is 1. The van der Waals surface area contributed by atoms with E-state index in [2.05, 4.69) is 33.4 Å². The van der Waals surface area contributed by atoms with E-state index >= 15 is 0 Å². The molecule has 3 aliphatic rings. The van der Waals surface area contributed by atoms with Crippen molar-refractivity contribution in [1.82, 2.24) is 26.3 Å². The standard InChI is InChI=1S/C28H40ClN5O/c29-21-16-28(35-19-20-8-2-1-3-9-20)27-18-33-25-13-7-5-11-23(25)31-15-14-30-22-10-4-6-12-24(22)32-17-26(21)34-27/h1-3,8-9,16,22-25,30-33H,4-7,10-15,17-19H2/t22-,23-,24-,25-/m1/s1. The number of hydrogen-bond acceptors (Lipinski definition) is 6. The molecular weight excluding hydrogens is 458 g/mol. The Hall–Kier alpha value is -1.70. The summed E-state index contributed by atoms with van der Waals surface area (Å²) >= 11 is 6.75. The average molecular weight is 498 g/mol. The second-order valence-electron chi connectivity index (χ2n) is 10.3.